The third-order valence-corrected chi connectivity index (χ3v) is 7.37. The fourth-order valence-corrected chi connectivity index (χ4v) is 5.42. The molecule has 0 unspecified atom stereocenters. The van der Waals surface area contributed by atoms with Crippen LogP contribution in [-0.4, -0.2) is 41.6 Å². The van der Waals surface area contributed by atoms with E-state index in [9.17, 15) is 4.79 Å². The van der Waals surface area contributed by atoms with E-state index in [4.69, 9.17) is 31.2 Å². The van der Waals surface area contributed by atoms with Gasteiger partial charge < -0.3 is 14.2 Å². The van der Waals surface area contributed by atoms with Crippen molar-refractivity contribution in [3.05, 3.63) is 98.3 Å². The van der Waals surface area contributed by atoms with Crippen molar-refractivity contribution < 1.29 is 19.0 Å². The molecular formula is C29H23BrClN3O4S. The maximum absolute atomic E-state index is 12.9. The number of nitrogens with one attached hydrogen (secondary N) is 1. The van der Waals surface area contributed by atoms with Crippen LogP contribution in [0, 0.1) is 5.41 Å². The number of thioether (sulfide) groups is 1. The van der Waals surface area contributed by atoms with Crippen molar-refractivity contribution in [1.82, 2.24) is 4.90 Å². The summed E-state index contributed by atoms with van der Waals surface area (Å²) in [6, 6.07) is 20.6. The number of rotatable bonds is 9. The summed E-state index contributed by atoms with van der Waals surface area (Å²) in [5, 5.41) is 11.5. The second-order valence-corrected chi connectivity index (χ2v) is 10.5. The van der Waals surface area contributed by atoms with Gasteiger partial charge in [-0.15, -0.1) is 0 Å². The van der Waals surface area contributed by atoms with E-state index in [1.807, 2.05) is 66.9 Å². The van der Waals surface area contributed by atoms with Crippen molar-refractivity contribution in [3.63, 3.8) is 0 Å². The molecule has 7 nitrogen and oxygen atoms in total. The zero-order valence-electron chi connectivity index (χ0n) is 20.8. The lowest BCUT2D eigenvalue weighted by atomic mass is 10.1. The normalized spacial score (nSPS) is 15.7. The Bertz CT molecular complexity index is 1510. The second kappa shape index (κ2) is 12.1. The number of halogens is 2. The molecule has 198 valence electrons. The molecule has 2 heterocycles. The van der Waals surface area contributed by atoms with E-state index in [2.05, 4.69) is 20.9 Å². The van der Waals surface area contributed by atoms with Crippen LogP contribution in [0.4, 0.5) is 0 Å². The van der Waals surface area contributed by atoms with Crippen molar-refractivity contribution >= 4 is 68.0 Å². The number of amidine groups is 2. The first-order chi connectivity index (χ1) is 18.9. The molecule has 10 heteroatoms. The Labute approximate surface area is 243 Å². The minimum Gasteiger partial charge on any atom is -0.490 e. The largest absolute Gasteiger partial charge is 0.490 e. The number of amides is 1. The summed E-state index contributed by atoms with van der Waals surface area (Å²) in [6.07, 6.45) is 1.60. The van der Waals surface area contributed by atoms with Gasteiger partial charge in [0, 0.05) is 9.88 Å². The summed E-state index contributed by atoms with van der Waals surface area (Å²) in [7, 11) is 0. The van der Waals surface area contributed by atoms with Gasteiger partial charge in [-0.25, -0.2) is 0 Å². The van der Waals surface area contributed by atoms with Crippen LogP contribution in [0.25, 0.3) is 11.8 Å². The molecule has 0 saturated carbocycles. The lowest BCUT2D eigenvalue weighted by molar-refractivity contribution is -0.114. The summed E-state index contributed by atoms with van der Waals surface area (Å²) in [5.74, 6) is 1.11. The van der Waals surface area contributed by atoms with Gasteiger partial charge in [-0.1, -0.05) is 69.6 Å². The molecule has 1 amide bonds. The highest BCUT2D eigenvalue weighted by molar-refractivity contribution is 9.10. The van der Waals surface area contributed by atoms with Crippen molar-refractivity contribution in [1.29, 1.82) is 5.41 Å². The van der Waals surface area contributed by atoms with E-state index in [-0.39, 0.29) is 18.0 Å². The van der Waals surface area contributed by atoms with Gasteiger partial charge in [0.2, 0.25) is 0 Å². The summed E-state index contributed by atoms with van der Waals surface area (Å²) in [4.78, 5) is 18.8. The van der Waals surface area contributed by atoms with Crippen LogP contribution in [0.15, 0.2) is 87.2 Å². The number of aliphatic imine (C=N–C) groups is 1. The number of benzene rings is 3. The quantitative estimate of drug-likeness (QED) is 0.199. The highest BCUT2D eigenvalue weighted by atomic mass is 79.9. The van der Waals surface area contributed by atoms with Gasteiger partial charge in [-0.05, 0) is 60.5 Å². The van der Waals surface area contributed by atoms with Gasteiger partial charge in [-0.2, -0.15) is 4.99 Å². The monoisotopic (exact) mass is 623 g/mol. The molecule has 0 spiro atoms. The summed E-state index contributed by atoms with van der Waals surface area (Å²) in [6.45, 7) is 2.81. The van der Waals surface area contributed by atoms with E-state index in [0.717, 1.165) is 21.5 Å². The summed E-state index contributed by atoms with van der Waals surface area (Å²) in [5.41, 5.74) is 2.47. The van der Waals surface area contributed by atoms with Gasteiger partial charge in [0.15, 0.2) is 16.7 Å². The molecule has 1 N–H and O–H groups in total. The third-order valence-electron chi connectivity index (χ3n) is 5.74. The Kier molecular flexibility index (Phi) is 8.40. The topological polar surface area (TPSA) is 84.2 Å². The molecule has 5 rings (SSSR count). The smallest absolute Gasteiger partial charge is 0.283 e. The van der Waals surface area contributed by atoms with E-state index in [1.165, 1.54) is 11.8 Å². The highest BCUT2D eigenvalue weighted by Gasteiger charge is 2.36. The molecule has 0 radical (unpaired) electrons. The minimum absolute atomic E-state index is 0.0459. The molecule has 39 heavy (non-hydrogen) atoms. The van der Waals surface area contributed by atoms with Crippen molar-refractivity contribution in [2.75, 3.05) is 19.8 Å². The van der Waals surface area contributed by atoms with Crippen LogP contribution in [-0.2, 0) is 4.79 Å². The van der Waals surface area contributed by atoms with Crippen LogP contribution in [0.2, 0.25) is 5.02 Å². The molecule has 0 saturated heterocycles. The Balaban J connectivity index is 1.35. The Morgan fingerprint density at radius 2 is 1.79 bits per heavy atom. The van der Waals surface area contributed by atoms with Crippen LogP contribution in [0.5, 0.6) is 17.2 Å². The Morgan fingerprint density at radius 3 is 2.54 bits per heavy atom. The van der Waals surface area contributed by atoms with Gasteiger partial charge >= 0.3 is 0 Å². The number of carbonyl (C=O) groups is 1. The van der Waals surface area contributed by atoms with Gasteiger partial charge in [0.05, 0.1) is 22.9 Å². The SMILES string of the molecule is CCOc1cc(/C=C2/C(=N)N3C(c4ccccc4)=CSC3=NC2=O)cc(Cl)c1OCCOc1ccc(Br)cc1. The fourth-order valence-electron chi connectivity index (χ4n) is 3.99. The first-order valence-corrected chi connectivity index (χ1v) is 14.1. The molecule has 2 aliphatic heterocycles. The first kappa shape index (κ1) is 27.1. The molecular weight excluding hydrogens is 602 g/mol. The number of carbonyl (C=O) groups excluding carboxylic acids is 1. The molecule has 0 bridgehead atoms. The molecule has 3 aromatic rings. The summed E-state index contributed by atoms with van der Waals surface area (Å²) < 4.78 is 18.4. The number of hydrogen-bond acceptors (Lipinski definition) is 6. The van der Waals surface area contributed by atoms with E-state index < -0.39 is 5.91 Å². The molecule has 2 aliphatic rings. The zero-order valence-corrected chi connectivity index (χ0v) is 24.0. The van der Waals surface area contributed by atoms with Crippen LogP contribution < -0.4 is 14.2 Å². The number of nitrogens with zero attached hydrogens (tertiary/aromatic N) is 2. The molecule has 0 aliphatic carbocycles. The average molecular weight is 625 g/mol. The molecule has 3 aromatic carbocycles. The van der Waals surface area contributed by atoms with E-state index in [0.29, 0.717) is 40.5 Å². The predicted octanol–water partition coefficient (Wildman–Crippen LogP) is 7.26. The third kappa shape index (κ3) is 6.06. The Hall–Kier alpha value is -3.53. The maximum Gasteiger partial charge on any atom is 0.283 e. The van der Waals surface area contributed by atoms with Gasteiger partial charge in [0.25, 0.3) is 5.91 Å². The summed E-state index contributed by atoms with van der Waals surface area (Å²) >= 11 is 11.3. The number of ether oxygens (including phenoxy) is 3. The van der Waals surface area contributed by atoms with Crippen molar-refractivity contribution in [2.45, 2.75) is 6.92 Å². The fraction of sp³-hybridized carbons (Fsp3) is 0.138. The van der Waals surface area contributed by atoms with Crippen LogP contribution in [0.3, 0.4) is 0 Å². The lowest BCUT2D eigenvalue weighted by Gasteiger charge is -2.27. The number of fused-ring (bicyclic) bond motifs is 1. The zero-order chi connectivity index (χ0) is 27.4. The van der Waals surface area contributed by atoms with Crippen molar-refractivity contribution in [3.8, 4) is 17.2 Å². The molecule has 0 fully saturated rings. The highest BCUT2D eigenvalue weighted by Crippen LogP contribution is 2.40. The average Bonchev–Trinajstić information content (AvgIpc) is 3.36. The predicted molar refractivity (Wildman–Crippen MR) is 160 cm³/mol. The lowest BCUT2D eigenvalue weighted by Crippen LogP contribution is -2.38. The minimum atomic E-state index is -0.485. The molecule has 0 aromatic heterocycles. The second-order valence-electron chi connectivity index (χ2n) is 8.34. The number of hydrogen-bond donors (Lipinski definition) is 1. The van der Waals surface area contributed by atoms with E-state index in [1.54, 1.807) is 23.1 Å². The van der Waals surface area contributed by atoms with Crippen molar-refractivity contribution in [2.24, 2.45) is 4.99 Å². The maximum atomic E-state index is 12.9. The standard InChI is InChI=1S/C29H23BrClN3O4S/c1-2-36-25-16-18(15-23(31)26(25)38-13-12-37-21-10-8-20(30)9-11-21)14-22-27(32)34-24(19-6-4-3-5-7-19)17-39-29(34)33-28(22)35/h3-11,14-17,32H,2,12-13H2,1H3/b22-14-,32-27?. The van der Waals surface area contributed by atoms with Gasteiger partial charge in [-0.3, -0.25) is 15.1 Å². The first-order valence-electron chi connectivity index (χ1n) is 12.1. The van der Waals surface area contributed by atoms with Crippen LogP contribution >= 0.6 is 39.3 Å². The van der Waals surface area contributed by atoms with E-state index >= 15 is 0 Å². The van der Waals surface area contributed by atoms with Crippen LogP contribution in [0.1, 0.15) is 18.1 Å². The van der Waals surface area contributed by atoms with Gasteiger partial charge in [0.1, 0.15) is 24.8 Å². The Morgan fingerprint density at radius 1 is 1.05 bits per heavy atom. The molecule has 0 atom stereocenters.